The van der Waals surface area contributed by atoms with E-state index in [4.69, 9.17) is 0 Å². The van der Waals surface area contributed by atoms with Gasteiger partial charge in [-0.2, -0.15) is 0 Å². The van der Waals surface area contributed by atoms with Crippen LogP contribution in [0.2, 0.25) is 0 Å². The Morgan fingerprint density at radius 3 is 1.67 bits per heavy atom. The molecule has 2 fully saturated rings. The van der Waals surface area contributed by atoms with Gasteiger partial charge < -0.3 is 0 Å². The Bertz CT molecular complexity index is 313. The molecule has 2 rings (SSSR count). The smallest absolute Gasteiger partial charge is 0.103 e. The highest BCUT2D eigenvalue weighted by Gasteiger charge is 2.34. The average molecular weight is 298 g/mol. The Hall–Kier alpha value is -0.150. The predicted molar refractivity (Wildman–Crippen MR) is 88.5 cm³/mol. The van der Waals surface area contributed by atoms with E-state index in [0.29, 0.717) is 5.54 Å². The van der Waals surface area contributed by atoms with Crippen molar-refractivity contribution in [2.75, 3.05) is 26.2 Å². The monoisotopic (exact) mass is 298 g/mol. The van der Waals surface area contributed by atoms with Crippen LogP contribution in [0.1, 0.15) is 72.6 Å². The lowest BCUT2D eigenvalue weighted by Crippen LogP contribution is -2.51. The van der Waals surface area contributed by atoms with Gasteiger partial charge in [0.2, 0.25) is 0 Å². The van der Waals surface area contributed by atoms with Crippen LogP contribution in [0.5, 0.6) is 0 Å². The maximum Gasteiger partial charge on any atom is 0.103 e. The molecule has 0 aromatic rings. The molecule has 2 aliphatic rings. The Balaban J connectivity index is 1.84. The number of likely N-dealkylation sites (tertiary alicyclic amines) is 2. The normalized spacial score (nSPS) is 24.4. The minimum Gasteiger partial charge on any atom is -0.298 e. The third-order valence-electron chi connectivity index (χ3n) is 5.84. The van der Waals surface area contributed by atoms with Crippen molar-refractivity contribution in [3.05, 3.63) is 0 Å². The summed E-state index contributed by atoms with van der Waals surface area (Å²) in [6.07, 6.45) is 7.42. The highest BCUT2D eigenvalue weighted by atomic mass is 19.1. The predicted octanol–water partition coefficient (Wildman–Crippen LogP) is 4.24. The van der Waals surface area contributed by atoms with Crippen LogP contribution in [-0.4, -0.2) is 53.2 Å². The molecule has 2 aliphatic heterocycles. The number of halogens is 1. The second-order valence-electron chi connectivity index (χ2n) is 8.33. The molecule has 0 saturated carbocycles. The fourth-order valence-electron chi connectivity index (χ4n) is 3.88. The van der Waals surface area contributed by atoms with E-state index in [0.717, 1.165) is 25.9 Å². The third kappa shape index (κ3) is 4.66. The first-order valence-corrected chi connectivity index (χ1v) is 8.95. The zero-order valence-electron chi connectivity index (χ0n) is 14.6. The van der Waals surface area contributed by atoms with Crippen LogP contribution >= 0.6 is 0 Å². The number of hydrogen-bond acceptors (Lipinski definition) is 2. The molecular weight excluding hydrogens is 263 g/mol. The summed E-state index contributed by atoms with van der Waals surface area (Å²) in [6.45, 7) is 13.9. The summed E-state index contributed by atoms with van der Waals surface area (Å²) in [4.78, 5) is 5.19. The van der Waals surface area contributed by atoms with Gasteiger partial charge in [-0.1, -0.05) is 6.42 Å². The maximum absolute atomic E-state index is 13.3. The lowest BCUT2D eigenvalue weighted by atomic mass is 9.85. The van der Waals surface area contributed by atoms with Crippen molar-refractivity contribution in [3.63, 3.8) is 0 Å². The first-order valence-electron chi connectivity index (χ1n) is 8.95. The topological polar surface area (TPSA) is 6.48 Å². The molecule has 2 saturated heterocycles. The molecule has 0 N–H and O–H groups in total. The largest absolute Gasteiger partial charge is 0.298 e. The van der Waals surface area contributed by atoms with Gasteiger partial charge in [-0.25, -0.2) is 4.39 Å². The molecule has 0 aliphatic carbocycles. The van der Waals surface area contributed by atoms with E-state index < -0.39 is 6.17 Å². The van der Waals surface area contributed by atoms with Crippen molar-refractivity contribution in [1.29, 1.82) is 0 Å². The molecule has 2 nitrogen and oxygen atoms in total. The summed E-state index contributed by atoms with van der Waals surface area (Å²) in [7, 11) is 0. The van der Waals surface area contributed by atoms with Gasteiger partial charge in [0.15, 0.2) is 0 Å². The van der Waals surface area contributed by atoms with E-state index in [-0.39, 0.29) is 5.54 Å². The summed E-state index contributed by atoms with van der Waals surface area (Å²) in [5.41, 5.74) is 0.503. The van der Waals surface area contributed by atoms with Gasteiger partial charge in [-0.3, -0.25) is 9.80 Å². The van der Waals surface area contributed by atoms with Crippen LogP contribution in [0.4, 0.5) is 4.39 Å². The van der Waals surface area contributed by atoms with Crippen LogP contribution in [0.3, 0.4) is 0 Å². The van der Waals surface area contributed by atoms with Gasteiger partial charge in [0.05, 0.1) is 0 Å². The SMILES string of the molecule is CC(C)(CCC(C)(C)N1CCC(F)CC1)N1CCCCC1. The molecule has 124 valence electrons. The van der Waals surface area contributed by atoms with Crippen molar-refractivity contribution < 1.29 is 4.39 Å². The first-order chi connectivity index (χ1) is 9.81. The number of rotatable bonds is 5. The second-order valence-corrected chi connectivity index (χ2v) is 8.33. The summed E-state index contributed by atoms with van der Waals surface area (Å²) in [5, 5.41) is 0. The van der Waals surface area contributed by atoms with Crippen molar-refractivity contribution in [2.24, 2.45) is 0 Å². The number of piperidine rings is 2. The van der Waals surface area contributed by atoms with Crippen molar-refractivity contribution in [1.82, 2.24) is 9.80 Å². The molecule has 21 heavy (non-hydrogen) atoms. The molecule has 0 unspecified atom stereocenters. The molecule has 2 heterocycles. The highest BCUT2D eigenvalue weighted by Crippen LogP contribution is 2.31. The lowest BCUT2D eigenvalue weighted by Gasteiger charge is -2.46. The van der Waals surface area contributed by atoms with Crippen LogP contribution in [-0.2, 0) is 0 Å². The fourth-order valence-corrected chi connectivity index (χ4v) is 3.88. The maximum atomic E-state index is 13.3. The van der Waals surface area contributed by atoms with E-state index in [1.807, 2.05) is 0 Å². The molecule has 0 aromatic carbocycles. The quantitative estimate of drug-likeness (QED) is 0.749. The summed E-state index contributed by atoms with van der Waals surface area (Å²) in [5.74, 6) is 0. The molecular formula is C18H35FN2. The summed E-state index contributed by atoms with van der Waals surface area (Å²) >= 11 is 0. The Morgan fingerprint density at radius 2 is 1.19 bits per heavy atom. The van der Waals surface area contributed by atoms with E-state index in [2.05, 4.69) is 37.5 Å². The van der Waals surface area contributed by atoms with Crippen LogP contribution < -0.4 is 0 Å². The van der Waals surface area contributed by atoms with Crippen LogP contribution in [0.25, 0.3) is 0 Å². The Morgan fingerprint density at radius 1 is 0.762 bits per heavy atom. The minimum absolute atomic E-state index is 0.202. The van der Waals surface area contributed by atoms with Gasteiger partial charge in [0, 0.05) is 24.2 Å². The van der Waals surface area contributed by atoms with Gasteiger partial charge >= 0.3 is 0 Å². The number of nitrogens with zero attached hydrogens (tertiary/aromatic N) is 2. The minimum atomic E-state index is -0.568. The molecule has 0 spiro atoms. The molecule has 3 heteroatoms. The van der Waals surface area contributed by atoms with Gasteiger partial charge in [-0.15, -0.1) is 0 Å². The van der Waals surface area contributed by atoms with Crippen LogP contribution in [0.15, 0.2) is 0 Å². The van der Waals surface area contributed by atoms with E-state index >= 15 is 0 Å². The Labute approximate surface area is 131 Å². The standard InChI is InChI=1S/C18H35FN2/c1-17(2,20-12-6-5-7-13-20)10-11-18(3,4)21-14-8-16(19)9-15-21/h16H,5-15H2,1-4H3. The van der Waals surface area contributed by atoms with E-state index in [1.165, 1.54) is 45.2 Å². The second kappa shape index (κ2) is 6.95. The average Bonchev–Trinajstić information content (AvgIpc) is 2.47. The fraction of sp³-hybridized carbons (Fsp3) is 1.00. The van der Waals surface area contributed by atoms with Gasteiger partial charge in [0.25, 0.3) is 0 Å². The van der Waals surface area contributed by atoms with Crippen molar-refractivity contribution in [2.45, 2.75) is 89.9 Å². The number of alkyl halides is 1. The zero-order chi connectivity index (χ0) is 15.5. The Kier molecular flexibility index (Phi) is 5.70. The first kappa shape index (κ1) is 17.2. The summed E-state index contributed by atoms with van der Waals surface area (Å²) < 4.78 is 13.3. The molecule has 0 atom stereocenters. The molecule has 0 bridgehead atoms. The molecule has 0 amide bonds. The van der Waals surface area contributed by atoms with E-state index in [9.17, 15) is 4.39 Å². The lowest BCUT2D eigenvalue weighted by molar-refractivity contribution is 0.0323. The summed E-state index contributed by atoms with van der Waals surface area (Å²) in [6, 6.07) is 0. The number of hydrogen-bond donors (Lipinski definition) is 0. The van der Waals surface area contributed by atoms with Crippen LogP contribution in [0, 0.1) is 0 Å². The van der Waals surface area contributed by atoms with Crippen molar-refractivity contribution >= 4 is 0 Å². The highest BCUT2D eigenvalue weighted by molar-refractivity contribution is 4.91. The van der Waals surface area contributed by atoms with Crippen molar-refractivity contribution in [3.8, 4) is 0 Å². The van der Waals surface area contributed by atoms with Gasteiger partial charge in [-0.05, 0) is 79.3 Å². The third-order valence-corrected chi connectivity index (χ3v) is 5.84. The van der Waals surface area contributed by atoms with Gasteiger partial charge in [0.1, 0.15) is 6.17 Å². The zero-order valence-corrected chi connectivity index (χ0v) is 14.6. The molecule has 0 radical (unpaired) electrons. The van der Waals surface area contributed by atoms with E-state index in [1.54, 1.807) is 0 Å². The molecule has 0 aromatic heterocycles.